The fourth-order valence-electron chi connectivity index (χ4n) is 2.21. The van der Waals surface area contributed by atoms with Crippen LogP contribution in [0.25, 0.3) is 10.8 Å². The number of halogens is 1. The van der Waals surface area contributed by atoms with E-state index in [1.807, 2.05) is 36.4 Å². The number of rotatable bonds is 3. The number of carbonyl (C=O) groups excluding carboxylic acids is 1. The Balaban J connectivity index is 1.81. The van der Waals surface area contributed by atoms with Gasteiger partial charge in [0, 0.05) is 10.6 Å². The van der Waals surface area contributed by atoms with E-state index >= 15 is 0 Å². The third-order valence-electron chi connectivity index (χ3n) is 3.38. The van der Waals surface area contributed by atoms with Gasteiger partial charge in [0.1, 0.15) is 5.75 Å². The van der Waals surface area contributed by atoms with Gasteiger partial charge >= 0.3 is 0 Å². The summed E-state index contributed by atoms with van der Waals surface area (Å²) in [4.78, 5) is 12.2. The Kier molecular flexibility index (Phi) is 4.26. The molecule has 0 aliphatic heterocycles. The maximum atomic E-state index is 12.2. The molecule has 1 amide bonds. The topological polar surface area (TPSA) is 61.7 Å². The number of hydrogen-bond acceptors (Lipinski definition) is 3. The lowest BCUT2D eigenvalue weighted by Crippen LogP contribution is -2.17. The minimum atomic E-state index is -0.489. The number of aromatic hydroxyl groups is 1. The average Bonchev–Trinajstić information content (AvgIpc) is 2.56. The monoisotopic (exact) mass is 324 g/mol. The number of nitrogens with zero attached hydrogens (tertiary/aromatic N) is 1. The van der Waals surface area contributed by atoms with Crippen LogP contribution in [0.1, 0.15) is 15.9 Å². The first kappa shape index (κ1) is 15.1. The van der Waals surface area contributed by atoms with Crippen molar-refractivity contribution in [2.45, 2.75) is 0 Å². The molecule has 3 aromatic rings. The summed E-state index contributed by atoms with van der Waals surface area (Å²) in [5, 5.41) is 16.2. The number of hydrogen-bond donors (Lipinski definition) is 2. The molecule has 3 rings (SSSR count). The number of benzene rings is 3. The third-order valence-corrected chi connectivity index (χ3v) is 3.73. The SMILES string of the molecule is O=C(N/N=C\c1ccccc1Cl)c1cc2ccccc2cc1O. The van der Waals surface area contributed by atoms with Gasteiger partial charge in [0.05, 0.1) is 11.8 Å². The molecule has 114 valence electrons. The molecule has 5 heteroatoms. The van der Waals surface area contributed by atoms with E-state index in [9.17, 15) is 9.90 Å². The number of phenolic OH excluding ortho intramolecular Hbond substituents is 1. The second-order valence-electron chi connectivity index (χ2n) is 4.94. The zero-order chi connectivity index (χ0) is 16.2. The van der Waals surface area contributed by atoms with Crippen molar-refractivity contribution in [3.05, 3.63) is 76.8 Å². The van der Waals surface area contributed by atoms with E-state index in [1.54, 1.807) is 24.3 Å². The molecule has 0 bridgehead atoms. The quantitative estimate of drug-likeness (QED) is 0.566. The second-order valence-corrected chi connectivity index (χ2v) is 5.34. The van der Waals surface area contributed by atoms with Crippen molar-refractivity contribution in [3.63, 3.8) is 0 Å². The van der Waals surface area contributed by atoms with Crippen LogP contribution < -0.4 is 5.43 Å². The van der Waals surface area contributed by atoms with E-state index in [2.05, 4.69) is 10.5 Å². The van der Waals surface area contributed by atoms with Crippen LogP contribution in [0.2, 0.25) is 5.02 Å². The first-order valence-electron chi connectivity index (χ1n) is 6.95. The van der Waals surface area contributed by atoms with Gasteiger partial charge in [-0.15, -0.1) is 0 Å². The summed E-state index contributed by atoms with van der Waals surface area (Å²) in [6.07, 6.45) is 1.46. The highest BCUT2D eigenvalue weighted by molar-refractivity contribution is 6.33. The minimum Gasteiger partial charge on any atom is -0.507 e. The van der Waals surface area contributed by atoms with E-state index in [1.165, 1.54) is 6.21 Å². The van der Waals surface area contributed by atoms with Crippen molar-refractivity contribution >= 4 is 34.5 Å². The fourth-order valence-corrected chi connectivity index (χ4v) is 2.40. The summed E-state index contributed by atoms with van der Waals surface area (Å²) >= 11 is 6.00. The fraction of sp³-hybridized carbons (Fsp3) is 0. The Morgan fingerprint density at radius 1 is 1.04 bits per heavy atom. The molecule has 0 saturated carbocycles. The third kappa shape index (κ3) is 3.33. The molecule has 3 aromatic carbocycles. The Morgan fingerprint density at radius 2 is 1.70 bits per heavy atom. The zero-order valence-electron chi connectivity index (χ0n) is 12.0. The van der Waals surface area contributed by atoms with Gasteiger partial charge in [0.25, 0.3) is 5.91 Å². The largest absolute Gasteiger partial charge is 0.507 e. The lowest BCUT2D eigenvalue weighted by Gasteiger charge is -2.05. The number of hydrazone groups is 1. The molecule has 0 fully saturated rings. The maximum Gasteiger partial charge on any atom is 0.275 e. The Morgan fingerprint density at radius 3 is 2.43 bits per heavy atom. The molecule has 4 nitrogen and oxygen atoms in total. The molecule has 23 heavy (non-hydrogen) atoms. The molecule has 2 N–H and O–H groups in total. The van der Waals surface area contributed by atoms with E-state index < -0.39 is 5.91 Å². The van der Waals surface area contributed by atoms with Crippen LogP contribution in [0.4, 0.5) is 0 Å². The van der Waals surface area contributed by atoms with Crippen molar-refractivity contribution in [1.29, 1.82) is 0 Å². The highest BCUT2D eigenvalue weighted by Gasteiger charge is 2.11. The normalized spacial score (nSPS) is 11.0. The van der Waals surface area contributed by atoms with E-state index in [0.29, 0.717) is 10.6 Å². The van der Waals surface area contributed by atoms with Crippen molar-refractivity contribution in [2.75, 3.05) is 0 Å². The number of carbonyl (C=O) groups is 1. The first-order valence-corrected chi connectivity index (χ1v) is 7.32. The second kappa shape index (κ2) is 6.50. The lowest BCUT2D eigenvalue weighted by atomic mass is 10.1. The van der Waals surface area contributed by atoms with Crippen LogP contribution in [0.15, 0.2) is 65.8 Å². The molecule has 0 aromatic heterocycles. The van der Waals surface area contributed by atoms with E-state index in [-0.39, 0.29) is 11.3 Å². The summed E-state index contributed by atoms with van der Waals surface area (Å²) in [6.45, 7) is 0. The van der Waals surface area contributed by atoms with Crippen LogP contribution in [0.5, 0.6) is 5.75 Å². The number of nitrogens with one attached hydrogen (secondary N) is 1. The summed E-state index contributed by atoms with van der Waals surface area (Å²) in [5.74, 6) is -0.578. The maximum absolute atomic E-state index is 12.2. The minimum absolute atomic E-state index is 0.0888. The van der Waals surface area contributed by atoms with E-state index in [4.69, 9.17) is 11.6 Å². The lowest BCUT2D eigenvalue weighted by molar-refractivity contribution is 0.0952. The number of phenols is 1. The van der Waals surface area contributed by atoms with E-state index in [0.717, 1.165) is 10.8 Å². The van der Waals surface area contributed by atoms with Crippen LogP contribution >= 0.6 is 11.6 Å². The molecule has 0 unspecified atom stereocenters. The van der Waals surface area contributed by atoms with Gasteiger partial charge in [-0.25, -0.2) is 5.43 Å². The molecular formula is C18H13ClN2O2. The predicted octanol–water partition coefficient (Wildman–Crippen LogP) is 3.96. The Bertz CT molecular complexity index is 906. The van der Waals surface area contributed by atoms with Gasteiger partial charge in [0.2, 0.25) is 0 Å². The zero-order valence-corrected chi connectivity index (χ0v) is 12.8. The van der Waals surface area contributed by atoms with Crippen molar-refractivity contribution in [1.82, 2.24) is 5.43 Å². The summed E-state index contributed by atoms with van der Waals surface area (Å²) < 4.78 is 0. The highest BCUT2D eigenvalue weighted by Crippen LogP contribution is 2.24. The van der Waals surface area contributed by atoms with Crippen molar-refractivity contribution in [2.24, 2.45) is 5.10 Å². The number of fused-ring (bicyclic) bond motifs is 1. The number of amides is 1. The van der Waals surface area contributed by atoms with Crippen molar-refractivity contribution in [3.8, 4) is 5.75 Å². The molecular weight excluding hydrogens is 312 g/mol. The average molecular weight is 325 g/mol. The predicted molar refractivity (Wildman–Crippen MR) is 92.1 cm³/mol. The van der Waals surface area contributed by atoms with Gasteiger partial charge in [0.15, 0.2) is 0 Å². The van der Waals surface area contributed by atoms with Gasteiger partial charge in [-0.3, -0.25) is 4.79 Å². The summed E-state index contributed by atoms with van der Waals surface area (Å²) in [5.41, 5.74) is 3.25. The van der Waals surface area contributed by atoms with Crippen LogP contribution in [0.3, 0.4) is 0 Å². The standard InChI is InChI=1S/C18H13ClN2O2/c19-16-8-4-3-7-14(16)11-20-21-18(23)15-9-12-5-1-2-6-13(12)10-17(15)22/h1-11,22H,(H,21,23)/b20-11-. The highest BCUT2D eigenvalue weighted by atomic mass is 35.5. The molecule has 0 atom stereocenters. The van der Waals surface area contributed by atoms with Gasteiger partial charge in [-0.05, 0) is 29.0 Å². The summed E-state index contributed by atoms with van der Waals surface area (Å²) in [6, 6.07) is 17.8. The van der Waals surface area contributed by atoms with Crippen molar-refractivity contribution < 1.29 is 9.90 Å². The molecule has 0 saturated heterocycles. The molecule has 0 radical (unpaired) electrons. The first-order chi connectivity index (χ1) is 11.1. The smallest absolute Gasteiger partial charge is 0.275 e. The van der Waals surface area contributed by atoms with Crippen LogP contribution in [-0.2, 0) is 0 Å². The molecule has 0 spiro atoms. The van der Waals surface area contributed by atoms with Crippen LogP contribution in [-0.4, -0.2) is 17.2 Å². The van der Waals surface area contributed by atoms with Gasteiger partial charge in [-0.1, -0.05) is 54.1 Å². The molecule has 0 aliphatic carbocycles. The Hall–Kier alpha value is -2.85. The van der Waals surface area contributed by atoms with Crippen LogP contribution in [0, 0.1) is 0 Å². The van der Waals surface area contributed by atoms with Gasteiger partial charge in [-0.2, -0.15) is 5.10 Å². The molecule has 0 heterocycles. The summed E-state index contributed by atoms with van der Waals surface area (Å²) in [7, 11) is 0. The molecule has 0 aliphatic rings. The Labute approximate surface area is 138 Å². The van der Waals surface area contributed by atoms with Gasteiger partial charge < -0.3 is 5.11 Å².